The van der Waals surface area contributed by atoms with E-state index in [1.165, 1.54) is 19.1 Å². The van der Waals surface area contributed by atoms with E-state index in [1.54, 1.807) is 32.1 Å². The minimum absolute atomic E-state index is 0.0922. The number of allylic oxidation sites excluding steroid dienone is 1. The second kappa shape index (κ2) is 12.7. The molecule has 2 aliphatic heterocycles. The molecule has 7 nitrogen and oxygen atoms in total. The van der Waals surface area contributed by atoms with Gasteiger partial charge in [-0.05, 0) is 58.3 Å². The third-order valence-electron chi connectivity index (χ3n) is 7.75. The molecule has 0 aliphatic carbocycles. The van der Waals surface area contributed by atoms with Crippen molar-refractivity contribution in [3.05, 3.63) is 48.1 Å². The molecule has 2 heterocycles. The summed E-state index contributed by atoms with van der Waals surface area (Å²) in [5.74, 6) is -2.86. The highest BCUT2D eigenvalue weighted by atomic mass is 16.6. The lowest BCUT2D eigenvalue weighted by atomic mass is 9.83. The van der Waals surface area contributed by atoms with Crippen LogP contribution in [0.5, 0.6) is 0 Å². The summed E-state index contributed by atoms with van der Waals surface area (Å²) in [7, 11) is 0. The first-order valence-electron chi connectivity index (χ1n) is 13.0. The van der Waals surface area contributed by atoms with E-state index in [2.05, 4.69) is 6.58 Å². The lowest BCUT2D eigenvalue weighted by Crippen LogP contribution is -2.56. The van der Waals surface area contributed by atoms with E-state index >= 15 is 0 Å². The lowest BCUT2D eigenvalue weighted by Gasteiger charge is -2.45. The molecule has 0 aromatic rings. The van der Waals surface area contributed by atoms with Crippen LogP contribution in [-0.4, -0.2) is 62.2 Å². The number of aliphatic hydroxyl groups excluding tert-OH is 2. The lowest BCUT2D eigenvalue weighted by molar-refractivity contribution is -0.305. The van der Waals surface area contributed by atoms with E-state index in [1.807, 2.05) is 20.8 Å². The molecule has 1 fully saturated rings. The summed E-state index contributed by atoms with van der Waals surface area (Å²) in [5.41, 5.74) is -0.206. The molecule has 0 aromatic heterocycles. The number of aliphatic hydroxyl groups is 4. The van der Waals surface area contributed by atoms with Gasteiger partial charge in [0.05, 0.1) is 18.3 Å². The number of hydrogen-bond acceptors (Lipinski definition) is 7. The summed E-state index contributed by atoms with van der Waals surface area (Å²) >= 11 is 0. The highest BCUT2D eigenvalue weighted by Crippen LogP contribution is 2.39. The number of cyclic esters (lactones) is 1. The quantitative estimate of drug-likeness (QED) is 0.338. The molecule has 2 bridgehead atoms. The third-order valence-corrected chi connectivity index (χ3v) is 7.75. The Balaban J connectivity index is 2.41. The highest BCUT2D eigenvalue weighted by Gasteiger charge is 2.49. The average molecular weight is 507 g/mol. The molecule has 9 atom stereocenters. The van der Waals surface area contributed by atoms with Crippen LogP contribution in [0, 0.1) is 17.8 Å². The molecular formula is C29H46O7. The Labute approximate surface area is 216 Å². The first kappa shape index (κ1) is 30.5. The van der Waals surface area contributed by atoms with Gasteiger partial charge >= 0.3 is 5.97 Å². The van der Waals surface area contributed by atoms with Crippen LogP contribution < -0.4 is 0 Å². The number of esters is 1. The minimum atomic E-state index is -1.84. The molecular weight excluding hydrogens is 460 g/mol. The fourth-order valence-corrected chi connectivity index (χ4v) is 4.58. The Morgan fingerprint density at radius 1 is 1.19 bits per heavy atom. The molecule has 0 saturated carbocycles. The number of fused-ring (bicyclic) bond motifs is 2. The summed E-state index contributed by atoms with van der Waals surface area (Å²) in [6.45, 7) is 14.7. The average Bonchev–Trinajstić information content (AvgIpc) is 2.76. The molecule has 2 aliphatic rings. The Morgan fingerprint density at radius 2 is 1.86 bits per heavy atom. The fourth-order valence-electron chi connectivity index (χ4n) is 4.58. The van der Waals surface area contributed by atoms with Crippen LogP contribution in [0.2, 0.25) is 0 Å². The zero-order valence-corrected chi connectivity index (χ0v) is 22.7. The van der Waals surface area contributed by atoms with Crippen molar-refractivity contribution in [2.75, 3.05) is 0 Å². The minimum Gasteiger partial charge on any atom is -0.459 e. The molecule has 0 aromatic carbocycles. The third kappa shape index (κ3) is 8.12. The second-order valence-corrected chi connectivity index (χ2v) is 11.2. The topological polar surface area (TPSA) is 116 Å². The van der Waals surface area contributed by atoms with E-state index in [0.29, 0.717) is 31.3 Å². The number of rotatable bonds is 3. The monoisotopic (exact) mass is 506 g/mol. The van der Waals surface area contributed by atoms with E-state index in [0.717, 1.165) is 5.57 Å². The summed E-state index contributed by atoms with van der Waals surface area (Å²) < 4.78 is 11.8. The number of carbonyl (C=O) groups excluding carboxylic acids is 1. The van der Waals surface area contributed by atoms with Crippen molar-refractivity contribution in [1.29, 1.82) is 0 Å². The zero-order valence-electron chi connectivity index (χ0n) is 22.7. The van der Waals surface area contributed by atoms with Crippen molar-refractivity contribution in [2.24, 2.45) is 17.8 Å². The summed E-state index contributed by atoms with van der Waals surface area (Å²) in [6.07, 6.45) is 7.94. The van der Waals surface area contributed by atoms with Crippen LogP contribution >= 0.6 is 0 Å². The van der Waals surface area contributed by atoms with Crippen LogP contribution in [0.3, 0.4) is 0 Å². The van der Waals surface area contributed by atoms with Gasteiger partial charge in [0.25, 0.3) is 0 Å². The van der Waals surface area contributed by atoms with Gasteiger partial charge in [-0.25, -0.2) is 4.79 Å². The number of ether oxygens (including phenoxy) is 2. The van der Waals surface area contributed by atoms with Crippen molar-refractivity contribution in [3.8, 4) is 0 Å². The first-order chi connectivity index (χ1) is 16.6. The van der Waals surface area contributed by atoms with Gasteiger partial charge in [-0.15, -0.1) is 0 Å². The van der Waals surface area contributed by atoms with E-state index in [9.17, 15) is 25.2 Å². The van der Waals surface area contributed by atoms with Gasteiger partial charge in [0.1, 0.15) is 11.7 Å². The van der Waals surface area contributed by atoms with Gasteiger partial charge in [-0.2, -0.15) is 0 Å². The van der Waals surface area contributed by atoms with Crippen LogP contribution in [-0.2, 0) is 14.3 Å². The molecule has 2 rings (SSSR count). The largest absolute Gasteiger partial charge is 0.459 e. The molecule has 204 valence electrons. The van der Waals surface area contributed by atoms with Crippen LogP contribution in [0.25, 0.3) is 0 Å². The van der Waals surface area contributed by atoms with Gasteiger partial charge in [0.15, 0.2) is 0 Å². The SMILES string of the molecule is C=C1C[C@@H]2C/C=C\[C@H](O)[C@H](C)/C(C)=C\C(=O)O[C@H](C[C@H](C)[C@H](C)O)[C@@H](C)C/C=C/[C@@](C)(O)[C@](O)(C1)O2. The molecule has 0 spiro atoms. The Kier molecular flexibility index (Phi) is 10.7. The predicted molar refractivity (Wildman–Crippen MR) is 140 cm³/mol. The molecule has 0 radical (unpaired) electrons. The Hall–Kier alpha value is -1.77. The van der Waals surface area contributed by atoms with Crippen molar-refractivity contribution in [3.63, 3.8) is 0 Å². The maximum Gasteiger partial charge on any atom is 0.330 e. The maximum absolute atomic E-state index is 12.8. The standard InChI is InChI=1S/C29H46O7/c1-18-14-24-11-8-12-25(31)22(5)20(3)16-27(32)35-26(15-21(4)23(6)30)19(2)10-9-13-28(7,33)29(34,17-18)36-24/h8-9,12-13,16,19,21-26,30-31,33-34H,1,10-11,14-15,17H2,2-7H3/b12-8-,13-9+,20-16-/t19-,21-,22+,23-,24-,25-,26+,28+,29-/m0/s1. The molecule has 4 N–H and O–H groups in total. The second-order valence-electron chi connectivity index (χ2n) is 11.2. The van der Waals surface area contributed by atoms with Crippen LogP contribution in [0.4, 0.5) is 0 Å². The van der Waals surface area contributed by atoms with Gasteiger partial charge in [-0.3, -0.25) is 0 Å². The van der Waals surface area contributed by atoms with Gasteiger partial charge < -0.3 is 29.9 Å². The van der Waals surface area contributed by atoms with Crippen molar-refractivity contribution in [1.82, 2.24) is 0 Å². The van der Waals surface area contributed by atoms with E-state index in [4.69, 9.17) is 9.47 Å². The number of hydrogen-bond donors (Lipinski definition) is 4. The molecule has 7 heteroatoms. The normalized spacial score (nSPS) is 42.2. The highest BCUT2D eigenvalue weighted by molar-refractivity contribution is 5.83. The van der Waals surface area contributed by atoms with Crippen molar-refractivity contribution >= 4 is 5.97 Å². The smallest absolute Gasteiger partial charge is 0.330 e. The van der Waals surface area contributed by atoms with Gasteiger partial charge in [0.2, 0.25) is 5.79 Å². The zero-order chi connectivity index (χ0) is 27.3. The number of carbonyl (C=O) groups is 1. The van der Waals surface area contributed by atoms with Crippen molar-refractivity contribution in [2.45, 2.75) is 109 Å². The Morgan fingerprint density at radius 3 is 2.50 bits per heavy atom. The van der Waals surface area contributed by atoms with Crippen molar-refractivity contribution < 1.29 is 34.7 Å². The summed E-state index contributed by atoms with van der Waals surface area (Å²) in [5, 5.41) is 43.1. The van der Waals surface area contributed by atoms with Gasteiger partial charge in [0, 0.05) is 18.4 Å². The first-order valence-corrected chi connectivity index (χ1v) is 13.0. The van der Waals surface area contributed by atoms with E-state index < -0.39 is 41.8 Å². The Bertz CT molecular complexity index is 856. The molecule has 0 amide bonds. The van der Waals surface area contributed by atoms with Crippen LogP contribution in [0.1, 0.15) is 73.6 Å². The van der Waals surface area contributed by atoms with Gasteiger partial charge in [-0.1, -0.05) is 62.8 Å². The van der Waals surface area contributed by atoms with E-state index in [-0.39, 0.29) is 24.2 Å². The van der Waals surface area contributed by atoms with Crippen LogP contribution in [0.15, 0.2) is 48.1 Å². The molecule has 1 saturated heterocycles. The summed E-state index contributed by atoms with van der Waals surface area (Å²) in [6, 6.07) is 0. The maximum atomic E-state index is 12.8. The molecule has 36 heavy (non-hydrogen) atoms. The predicted octanol–water partition coefficient (Wildman–Crippen LogP) is 3.97. The fraction of sp³-hybridized carbons (Fsp3) is 0.690. The molecule has 0 unspecified atom stereocenters. The summed E-state index contributed by atoms with van der Waals surface area (Å²) in [4.78, 5) is 12.8.